The van der Waals surface area contributed by atoms with Crippen LogP contribution in [0, 0.1) is 5.92 Å². The van der Waals surface area contributed by atoms with Gasteiger partial charge in [0.05, 0.1) is 17.6 Å². The summed E-state index contributed by atoms with van der Waals surface area (Å²) in [6.07, 6.45) is 11.0. The van der Waals surface area contributed by atoms with E-state index >= 15 is 0 Å². The molecule has 0 spiro atoms. The van der Waals surface area contributed by atoms with Crippen LogP contribution in [0.5, 0.6) is 0 Å². The zero-order valence-electron chi connectivity index (χ0n) is 20.4. The molecule has 0 bridgehead atoms. The van der Waals surface area contributed by atoms with E-state index in [4.69, 9.17) is 0 Å². The van der Waals surface area contributed by atoms with Crippen LogP contribution in [0.4, 0.5) is 5.69 Å². The number of pyridine rings is 4. The maximum absolute atomic E-state index is 12.2. The van der Waals surface area contributed by atoms with Gasteiger partial charge in [0, 0.05) is 64.9 Å². The number of rotatable bonds is 6. The standard InChI is InChI=1S/C28H24N8O/c1-16(2)8-25(37)33-20-9-18(13-30-15-20)19-10-23-26(35-36-28(23)32-14-19)24-11-22-21(5-7-31-27(22)34-24)17-4-3-6-29-12-17/h3-7,9-16H,8H2,1-2H3,(H,31,34)(H,33,37)(H,32,35,36). The molecule has 0 saturated heterocycles. The molecule has 9 nitrogen and oxygen atoms in total. The maximum atomic E-state index is 12.2. The molecule has 3 N–H and O–H groups in total. The predicted octanol–water partition coefficient (Wildman–Crippen LogP) is 5.61. The van der Waals surface area contributed by atoms with E-state index in [-0.39, 0.29) is 11.8 Å². The summed E-state index contributed by atoms with van der Waals surface area (Å²) >= 11 is 0. The van der Waals surface area contributed by atoms with Crippen LogP contribution in [0.1, 0.15) is 20.3 Å². The average Bonchev–Trinajstić information content (AvgIpc) is 3.52. The lowest BCUT2D eigenvalue weighted by atomic mass is 10.0. The van der Waals surface area contributed by atoms with Crippen molar-refractivity contribution in [1.29, 1.82) is 0 Å². The highest BCUT2D eigenvalue weighted by Gasteiger charge is 2.16. The number of aromatic amines is 2. The Hall–Kier alpha value is -4.92. The second-order valence-electron chi connectivity index (χ2n) is 9.35. The molecule has 37 heavy (non-hydrogen) atoms. The molecule has 0 aromatic carbocycles. The molecule has 0 radical (unpaired) electrons. The van der Waals surface area contributed by atoms with E-state index in [1.165, 1.54) is 0 Å². The third kappa shape index (κ3) is 4.42. The van der Waals surface area contributed by atoms with Crippen molar-refractivity contribution in [3.8, 4) is 33.6 Å². The molecule has 0 unspecified atom stereocenters. The number of amides is 1. The van der Waals surface area contributed by atoms with E-state index in [0.717, 1.165) is 50.1 Å². The van der Waals surface area contributed by atoms with Crippen LogP contribution in [0.25, 0.3) is 55.7 Å². The van der Waals surface area contributed by atoms with Gasteiger partial charge in [0.2, 0.25) is 5.91 Å². The first kappa shape index (κ1) is 22.5. The number of nitrogens with one attached hydrogen (secondary N) is 3. The van der Waals surface area contributed by atoms with Gasteiger partial charge >= 0.3 is 0 Å². The van der Waals surface area contributed by atoms with Gasteiger partial charge in [-0.1, -0.05) is 19.9 Å². The molecule has 0 fully saturated rings. The van der Waals surface area contributed by atoms with E-state index in [2.05, 4.69) is 46.5 Å². The van der Waals surface area contributed by atoms with Gasteiger partial charge < -0.3 is 10.3 Å². The minimum absolute atomic E-state index is 0.0299. The summed E-state index contributed by atoms with van der Waals surface area (Å²) in [6.45, 7) is 4.03. The zero-order valence-corrected chi connectivity index (χ0v) is 20.4. The number of hydrogen-bond acceptors (Lipinski definition) is 6. The van der Waals surface area contributed by atoms with Gasteiger partial charge in [-0.25, -0.2) is 9.97 Å². The number of anilines is 1. The van der Waals surface area contributed by atoms with Gasteiger partial charge in [0.15, 0.2) is 5.65 Å². The largest absolute Gasteiger partial charge is 0.338 e. The minimum Gasteiger partial charge on any atom is -0.338 e. The lowest BCUT2D eigenvalue weighted by molar-refractivity contribution is -0.116. The number of aromatic nitrogens is 7. The molecule has 0 atom stereocenters. The monoisotopic (exact) mass is 488 g/mol. The summed E-state index contributed by atoms with van der Waals surface area (Å²) in [5.41, 5.74) is 7.45. The normalized spacial score (nSPS) is 11.4. The molecule has 1 amide bonds. The van der Waals surface area contributed by atoms with Crippen molar-refractivity contribution in [3.63, 3.8) is 0 Å². The lowest BCUT2D eigenvalue weighted by Crippen LogP contribution is -2.13. The van der Waals surface area contributed by atoms with Gasteiger partial charge in [-0.05, 0) is 41.8 Å². The van der Waals surface area contributed by atoms with Crippen molar-refractivity contribution in [2.45, 2.75) is 20.3 Å². The lowest BCUT2D eigenvalue weighted by Gasteiger charge is -2.08. The molecule has 0 saturated carbocycles. The molecule has 6 aromatic heterocycles. The first-order valence-electron chi connectivity index (χ1n) is 12.0. The van der Waals surface area contributed by atoms with E-state index in [1.807, 2.05) is 50.4 Å². The van der Waals surface area contributed by atoms with Crippen LogP contribution in [0.2, 0.25) is 0 Å². The Morgan fingerprint density at radius 1 is 0.892 bits per heavy atom. The molecule has 6 rings (SSSR count). The van der Waals surface area contributed by atoms with E-state index in [9.17, 15) is 4.79 Å². The van der Waals surface area contributed by atoms with Gasteiger partial charge in [-0.15, -0.1) is 0 Å². The third-order valence-electron chi connectivity index (χ3n) is 6.12. The van der Waals surface area contributed by atoms with Crippen LogP contribution in [-0.2, 0) is 4.79 Å². The minimum atomic E-state index is -0.0299. The van der Waals surface area contributed by atoms with Gasteiger partial charge in [-0.2, -0.15) is 5.10 Å². The maximum Gasteiger partial charge on any atom is 0.224 e. The average molecular weight is 489 g/mol. The molecule has 182 valence electrons. The number of carbonyl (C=O) groups excluding carboxylic acids is 1. The highest BCUT2D eigenvalue weighted by molar-refractivity contribution is 6.00. The second kappa shape index (κ2) is 9.27. The number of nitrogens with zero attached hydrogens (tertiary/aromatic N) is 5. The molecule has 0 aliphatic rings. The number of fused-ring (bicyclic) bond motifs is 2. The zero-order chi connectivity index (χ0) is 25.4. The number of H-pyrrole nitrogens is 2. The SMILES string of the molecule is CC(C)CC(=O)Nc1cncc(-c2cnc3[nH]nc(-c4cc5c(-c6cccnc6)ccnc5[nH]4)c3c2)c1. The Morgan fingerprint density at radius 2 is 1.76 bits per heavy atom. The van der Waals surface area contributed by atoms with Crippen molar-refractivity contribution < 1.29 is 4.79 Å². The molecule has 0 aliphatic carbocycles. The molecule has 6 heterocycles. The summed E-state index contributed by atoms with van der Waals surface area (Å²) in [6, 6.07) is 11.9. The van der Waals surface area contributed by atoms with Crippen molar-refractivity contribution in [1.82, 2.24) is 35.1 Å². The fourth-order valence-corrected chi connectivity index (χ4v) is 4.44. The third-order valence-corrected chi connectivity index (χ3v) is 6.12. The summed E-state index contributed by atoms with van der Waals surface area (Å²) in [7, 11) is 0. The Bertz CT molecular complexity index is 1740. The Balaban J connectivity index is 1.38. The van der Waals surface area contributed by atoms with E-state index in [1.54, 1.807) is 31.0 Å². The van der Waals surface area contributed by atoms with Gasteiger partial charge in [-0.3, -0.25) is 19.9 Å². The van der Waals surface area contributed by atoms with Crippen molar-refractivity contribution in [2.24, 2.45) is 5.92 Å². The second-order valence-corrected chi connectivity index (χ2v) is 9.35. The summed E-state index contributed by atoms with van der Waals surface area (Å²) < 4.78 is 0. The fraction of sp³-hybridized carbons (Fsp3) is 0.143. The summed E-state index contributed by atoms with van der Waals surface area (Å²) in [5, 5.41) is 12.4. The number of hydrogen-bond donors (Lipinski definition) is 3. The quantitative estimate of drug-likeness (QED) is 0.280. The highest BCUT2D eigenvalue weighted by atomic mass is 16.1. The fourth-order valence-electron chi connectivity index (χ4n) is 4.44. The molecule has 9 heteroatoms. The van der Waals surface area contributed by atoms with Crippen LogP contribution >= 0.6 is 0 Å². The smallest absolute Gasteiger partial charge is 0.224 e. The van der Waals surface area contributed by atoms with Crippen molar-refractivity contribution in [2.75, 3.05) is 5.32 Å². The first-order valence-corrected chi connectivity index (χ1v) is 12.0. The Labute approximate surface area is 212 Å². The van der Waals surface area contributed by atoms with Crippen LogP contribution in [0.3, 0.4) is 0 Å². The Morgan fingerprint density at radius 3 is 2.59 bits per heavy atom. The van der Waals surface area contributed by atoms with Crippen molar-refractivity contribution >= 4 is 33.7 Å². The predicted molar refractivity (Wildman–Crippen MR) is 144 cm³/mol. The molecule has 6 aromatic rings. The molecular weight excluding hydrogens is 464 g/mol. The summed E-state index contributed by atoms with van der Waals surface area (Å²) in [4.78, 5) is 33.3. The summed E-state index contributed by atoms with van der Waals surface area (Å²) in [5.74, 6) is 0.250. The van der Waals surface area contributed by atoms with E-state index in [0.29, 0.717) is 17.8 Å². The number of carbonyl (C=O) groups is 1. The van der Waals surface area contributed by atoms with Crippen LogP contribution in [-0.4, -0.2) is 41.0 Å². The molecule has 0 aliphatic heterocycles. The van der Waals surface area contributed by atoms with Gasteiger partial charge in [0.25, 0.3) is 0 Å². The van der Waals surface area contributed by atoms with E-state index < -0.39 is 0 Å². The molecular formula is C28H24N8O. The Kier molecular flexibility index (Phi) is 5.65. The van der Waals surface area contributed by atoms with Crippen molar-refractivity contribution in [3.05, 3.63) is 73.6 Å². The first-order chi connectivity index (χ1) is 18.0. The topological polar surface area (TPSA) is 125 Å². The highest BCUT2D eigenvalue weighted by Crippen LogP contribution is 2.34. The van der Waals surface area contributed by atoms with Crippen LogP contribution < -0.4 is 5.32 Å². The van der Waals surface area contributed by atoms with Gasteiger partial charge in [0.1, 0.15) is 11.3 Å². The van der Waals surface area contributed by atoms with Crippen LogP contribution in [0.15, 0.2) is 73.6 Å².